The SMILES string of the molecule is CC(C)(c1cc(Cl)c(OCCCl)c(C#N)c1)c1ccc(O)c(OCc2ccnc(CS(C)(=O)=O)n2)c1. The quantitative estimate of drug-likeness (QED) is 0.358. The zero-order chi connectivity index (χ0) is 26.5. The van der Waals surface area contributed by atoms with E-state index in [2.05, 4.69) is 16.0 Å². The summed E-state index contributed by atoms with van der Waals surface area (Å²) in [5, 5.41) is 20.3. The zero-order valence-electron chi connectivity index (χ0n) is 20.0. The largest absolute Gasteiger partial charge is 0.504 e. The van der Waals surface area contributed by atoms with Gasteiger partial charge in [-0.15, -0.1) is 11.6 Å². The molecule has 0 saturated heterocycles. The van der Waals surface area contributed by atoms with Gasteiger partial charge in [0.05, 0.1) is 22.2 Å². The highest BCUT2D eigenvalue weighted by Crippen LogP contribution is 2.40. The number of rotatable bonds is 10. The Hall–Kier alpha value is -3.06. The second kappa shape index (κ2) is 11.3. The number of aromatic hydroxyl groups is 1. The molecule has 3 aromatic rings. The van der Waals surface area contributed by atoms with E-state index in [1.54, 1.807) is 30.3 Å². The smallest absolute Gasteiger partial charge is 0.161 e. The number of alkyl halides is 1. The molecule has 0 radical (unpaired) electrons. The lowest BCUT2D eigenvalue weighted by Crippen LogP contribution is -2.19. The molecule has 8 nitrogen and oxygen atoms in total. The number of aromatic nitrogens is 2. The number of ether oxygens (including phenoxy) is 2. The van der Waals surface area contributed by atoms with Crippen LogP contribution in [0.4, 0.5) is 0 Å². The average Bonchev–Trinajstić information content (AvgIpc) is 2.81. The minimum Gasteiger partial charge on any atom is -0.504 e. The predicted octanol–water partition coefficient (Wildman–Crippen LogP) is 4.77. The van der Waals surface area contributed by atoms with Gasteiger partial charge >= 0.3 is 0 Å². The van der Waals surface area contributed by atoms with Crippen LogP contribution in [0.5, 0.6) is 17.2 Å². The van der Waals surface area contributed by atoms with Crippen LogP contribution in [0.15, 0.2) is 42.6 Å². The molecule has 3 rings (SSSR count). The van der Waals surface area contributed by atoms with Crippen molar-refractivity contribution in [1.82, 2.24) is 9.97 Å². The predicted molar refractivity (Wildman–Crippen MR) is 138 cm³/mol. The monoisotopic (exact) mass is 549 g/mol. The van der Waals surface area contributed by atoms with E-state index in [-0.39, 0.29) is 47.9 Å². The first-order valence-corrected chi connectivity index (χ1v) is 13.8. The lowest BCUT2D eigenvalue weighted by atomic mass is 9.77. The Kier molecular flexibility index (Phi) is 8.67. The summed E-state index contributed by atoms with van der Waals surface area (Å²) in [5.74, 6) is 0.589. The van der Waals surface area contributed by atoms with Crippen molar-refractivity contribution in [2.75, 3.05) is 18.7 Å². The van der Waals surface area contributed by atoms with Gasteiger partial charge in [-0.25, -0.2) is 18.4 Å². The number of hydrogen-bond acceptors (Lipinski definition) is 8. The summed E-state index contributed by atoms with van der Waals surface area (Å²) in [6, 6.07) is 12.2. The van der Waals surface area contributed by atoms with Crippen molar-refractivity contribution in [1.29, 1.82) is 5.26 Å². The van der Waals surface area contributed by atoms with Crippen LogP contribution in [0.2, 0.25) is 5.02 Å². The van der Waals surface area contributed by atoms with Gasteiger partial charge in [0, 0.05) is 17.9 Å². The van der Waals surface area contributed by atoms with Crippen LogP contribution in [0, 0.1) is 11.3 Å². The summed E-state index contributed by atoms with van der Waals surface area (Å²) >= 11 is 12.1. The van der Waals surface area contributed by atoms with Crippen LogP contribution in [-0.4, -0.2) is 42.2 Å². The molecule has 1 heterocycles. The zero-order valence-corrected chi connectivity index (χ0v) is 22.3. The van der Waals surface area contributed by atoms with Crippen LogP contribution < -0.4 is 9.47 Å². The number of benzene rings is 2. The summed E-state index contributed by atoms with van der Waals surface area (Å²) in [7, 11) is -3.28. The summed E-state index contributed by atoms with van der Waals surface area (Å²) in [4.78, 5) is 8.19. The van der Waals surface area contributed by atoms with Gasteiger partial charge < -0.3 is 14.6 Å². The van der Waals surface area contributed by atoms with Crippen molar-refractivity contribution in [3.8, 4) is 23.3 Å². The Balaban J connectivity index is 1.88. The third-order valence-electron chi connectivity index (χ3n) is 5.42. The molecule has 0 aliphatic heterocycles. The van der Waals surface area contributed by atoms with Gasteiger partial charge in [-0.1, -0.05) is 31.5 Å². The van der Waals surface area contributed by atoms with Crippen molar-refractivity contribution in [3.05, 3.63) is 75.8 Å². The van der Waals surface area contributed by atoms with E-state index in [4.69, 9.17) is 32.7 Å². The van der Waals surface area contributed by atoms with E-state index >= 15 is 0 Å². The van der Waals surface area contributed by atoms with Crippen LogP contribution in [-0.2, 0) is 27.6 Å². The maximum Gasteiger partial charge on any atom is 0.161 e. The summed E-state index contributed by atoms with van der Waals surface area (Å²) in [6.45, 7) is 4.13. The molecule has 1 N–H and O–H groups in total. The maximum absolute atomic E-state index is 11.5. The van der Waals surface area contributed by atoms with Gasteiger partial charge in [-0.05, 0) is 41.5 Å². The number of nitrogens with zero attached hydrogens (tertiary/aromatic N) is 3. The fourth-order valence-corrected chi connectivity index (χ4v) is 4.45. The van der Waals surface area contributed by atoms with E-state index in [0.717, 1.165) is 17.4 Å². The molecule has 11 heteroatoms. The molecule has 190 valence electrons. The van der Waals surface area contributed by atoms with E-state index in [9.17, 15) is 18.8 Å². The highest BCUT2D eigenvalue weighted by Gasteiger charge is 2.27. The van der Waals surface area contributed by atoms with Crippen LogP contribution in [0.3, 0.4) is 0 Å². The topological polar surface area (TPSA) is 122 Å². The van der Waals surface area contributed by atoms with Gasteiger partial charge in [0.25, 0.3) is 0 Å². The maximum atomic E-state index is 11.5. The third-order valence-corrected chi connectivity index (χ3v) is 6.64. The molecule has 0 saturated carbocycles. The van der Waals surface area contributed by atoms with Crippen molar-refractivity contribution < 1.29 is 23.0 Å². The number of sulfone groups is 1. The number of nitriles is 1. The molecule has 36 heavy (non-hydrogen) atoms. The second-order valence-corrected chi connectivity index (χ2v) is 11.5. The molecule has 0 fully saturated rings. The summed E-state index contributed by atoms with van der Waals surface area (Å²) in [5.41, 5.74) is 1.69. The van der Waals surface area contributed by atoms with Gasteiger partial charge in [-0.3, -0.25) is 0 Å². The van der Waals surface area contributed by atoms with E-state index < -0.39 is 15.3 Å². The number of hydrogen-bond donors (Lipinski definition) is 1. The fraction of sp³-hybridized carbons (Fsp3) is 0.320. The van der Waals surface area contributed by atoms with Gasteiger partial charge in [0.2, 0.25) is 0 Å². The van der Waals surface area contributed by atoms with Crippen LogP contribution >= 0.6 is 23.2 Å². The minimum atomic E-state index is -3.28. The fourth-order valence-electron chi connectivity index (χ4n) is 3.49. The highest BCUT2D eigenvalue weighted by atomic mass is 35.5. The van der Waals surface area contributed by atoms with E-state index in [1.807, 2.05) is 13.8 Å². The summed E-state index contributed by atoms with van der Waals surface area (Å²) < 4.78 is 34.4. The van der Waals surface area contributed by atoms with Crippen molar-refractivity contribution >= 4 is 33.0 Å². The van der Waals surface area contributed by atoms with Crippen molar-refractivity contribution in [2.45, 2.75) is 31.6 Å². The number of halogens is 2. The molecular formula is C25H25Cl2N3O5S. The van der Waals surface area contributed by atoms with Gasteiger partial charge in [-0.2, -0.15) is 5.26 Å². The molecule has 0 unspecified atom stereocenters. The van der Waals surface area contributed by atoms with Crippen molar-refractivity contribution in [2.24, 2.45) is 0 Å². The second-order valence-electron chi connectivity index (χ2n) is 8.61. The lowest BCUT2D eigenvalue weighted by Gasteiger charge is -2.28. The molecule has 0 aliphatic carbocycles. The molecule has 0 atom stereocenters. The first-order chi connectivity index (χ1) is 16.9. The van der Waals surface area contributed by atoms with Crippen molar-refractivity contribution in [3.63, 3.8) is 0 Å². The Morgan fingerprint density at radius 1 is 1.14 bits per heavy atom. The number of phenolic OH excluding ortho intramolecular Hbond substituents is 1. The molecule has 0 spiro atoms. The van der Waals surface area contributed by atoms with Gasteiger partial charge in [0.15, 0.2) is 27.1 Å². The molecule has 1 aromatic heterocycles. The Bertz CT molecular complexity index is 1410. The van der Waals surface area contributed by atoms with Crippen LogP contribution in [0.25, 0.3) is 0 Å². The molecule has 2 aromatic carbocycles. The standard InChI is InChI=1S/C25H25Cl2N3O5S/c1-25(2,18-10-16(13-28)24(20(27)11-18)34-9-7-26)17-4-5-21(31)22(12-17)35-14-19-6-8-29-23(30-19)15-36(3,32)33/h4-6,8,10-12,31H,7,9,14-15H2,1-3H3. The van der Waals surface area contributed by atoms with Gasteiger partial charge in [0.1, 0.15) is 30.9 Å². The normalized spacial score (nSPS) is 11.7. The molecular weight excluding hydrogens is 525 g/mol. The summed E-state index contributed by atoms with van der Waals surface area (Å²) in [6.07, 6.45) is 2.57. The number of phenols is 1. The average molecular weight is 550 g/mol. The van der Waals surface area contributed by atoms with E-state index in [1.165, 1.54) is 12.3 Å². The lowest BCUT2D eigenvalue weighted by molar-refractivity contribution is 0.283. The van der Waals surface area contributed by atoms with E-state index in [0.29, 0.717) is 16.3 Å². The molecule has 0 aliphatic rings. The first-order valence-electron chi connectivity index (χ1n) is 10.8. The Morgan fingerprint density at radius 2 is 1.89 bits per heavy atom. The molecule has 0 bridgehead atoms. The first kappa shape index (κ1) is 27.5. The molecule has 0 amide bonds. The Morgan fingerprint density at radius 3 is 2.56 bits per heavy atom. The highest BCUT2D eigenvalue weighted by molar-refractivity contribution is 7.89. The van der Waals surface area contributed by atoms with Crippen LogP contribution in [0.1, 0.15) is 42.1 Å². The Labute approximate surface area is 220 Å². The third kappa shape index (κ3) is 6.78. The minimum absolute atomic E-state index is 0.00621.